The molecule has 1 aliphatic heterocycles. The molecule has 1 unspecified atom stereocenters. The van der Waals surface area contributed by atoms with Crippen LogP contribution in [0.2, 0.25) is 0 Å². The number of benzene rings is 2. The average molecular weight is 1080 g/mol. The van der Waals surface area contributed by atoms with Gasteiger partial charge in [-0.3, -0.25) is 64.0 Å². The van der Waals surface area contributed by atoms with Crippen LogP contribution in [0.15, 0.2) is 42.5 Å². The summed E-state index contributed by atoms with van der Waals surface area (Å²) >= 11 is 0. The highest BCUT2D eigenvalue weighted by atomic mass is 33.1. The monoisotopic (exact) mass is 1080 g/mol. The van der Waals surface area contributed by atoms with Gasteiger partial charge in [-0.25, -0.2) is 19.6 Å². The zero-order valence-corrected chi connectivity index (χ0v) is 43.0. The van der Waals surface area contributed by atoms with Gasteiger partial charge in [-0.05, 0) is 60.1 Å². The number of aromatic hydroxyl groups is 1. The van der Waals surface area contributed by atoms with Gasteiger partial charge in [-0.1, -0.05) is 73.9 Å². The lowest BCUT2D eigenvalue weighted by atomic mass is 9.90. The number of rotatable bonds is 21. The quantitative estimate of drug-likeness (QED) is 0.0302. The molecular weight excluding hydrogens is 1010 g/mol. The van der Waals surface area contributed by atoms with E-state index in [0.29, 0.717) is 12.0 Å². The maximum atomic E-state index is 14.8. The molecule has 0 aliphatic carbocycles. The molecule has 0 spiro atoms. The molecule has 0 radical (unpaired) electrons. The van der Waals surface area contributed by atoms with Crippen molar-refractivity contribution in [2.45, 2.75) is 115 Å². The van der Waals surface area contributed by atoms with E-state index in [1.54, 1.807) is 27.7 Å². The Morgan fingerprint density at radius 3 is 2.09 bits per heavy atom. The fraction of sp³-hybridized carbons (Fsp3) is 0.511. The van der Waals surface area contributed by atoms with Crippen molar-refractivity contribution in [2.24, 2.45) is 29.1 Å². The molecule has 406 valence electrons. The van der Waals surface area contributed by atoms with Gasteiger partial charge in [0.25, 0.3) is 0 Å². The summed E-state index contributed by atoms with van der Waals surface area (Å²) in [5, 5.41) is 19.8. The van der Waals surface area contributed by atoms with Gasteiger partial charge in [0.1, 0.15) is 23.9 Å². The van der Waals surface area contributed by atoms with Crippen LogP contribution in [-0.4, -0.2) is 135 Å². The number of phenolic OH excluding ortho intramolecular Hbond substituents is 1. The number of hydrazine groups is 2. The molecule has 1 heterocycles. The number of halogens is 2. The van der Waals surface area contributed by atoms with E-state index in [1.165, 1.54) is 24.3 Å². The molecule has 0 aromatic heterocycles. The molecule has 1 aliphatic rings. The lowest BCUT2D eigenvalue weighted by Crippen LogP contribution is -2.61. The van der Waals surface area contributed by atoms with Crippen LogP contribution >= 0.6 is 21.6 Å². The first-order valence-electron chi connectivity index (χ1n) is 23.5. The minimum absolute atomic E-state index is 0.0120. The lowest BCUT2D eigenvalue weighted by molar-refractivity contribution is -0.141. The number of hydrogen-bond acceptors (Lipinski definition) is 18. The number of ketones is 4. The van der Waals surface area contributed by atoms with Gasteiger partial charge in [-0.15, -0.1) is 0 Å². The summed E-state index contributed by atoms with van der Waals surface area (Å²) in [6.45, 7) is 4.76. The maximum absolute atomic E-state index is 14.8. The smallest absolute Gasteiger partial charge is 0.246 e. The minimum Gasteiger partial charge on any atom is -0.508 e. The molecule has 2 aromatic carbocycles. The zero-order chi connectivity index (χ0) is 55.2. The molecule has 74 heavy (non-hydrogen) atoms. The lowest BCUT2D eigenvalue weighted by Gasteiger charge is -2.30. The zero-order valence-electron chi connectivity index (χ0n) is 41.3. The highest BCUT2D eigenvalue weighted by Crippen LogP contribution is 2.25. The number of primary amides is 2. The van der Waals surface area contributed by atoms with Crippen LogP contribution in [0.4, 0.5) is 8.78 Å². The van der Waals surface area contributed by atoms with Crippen LogP contribution in [-0.2, 0) is 65.7 Å². The van der Waals surface area contributed by atoms with Crippen molar-refractivity contribution < 1.29 is 66.6 Å². The Bertz CT molecular complexity index is 2370. The van der Waals surface area contributed by atoms with Crippen molar-refractivity contribution in [1.29, 1.82) is 0 Å². The highest BCUT2D eigenvalue weighted by molar-refractivity contribution is 8.76. The summed E-state index contributed by atoms with van der Waals surface area (Å²) in [5.41, 5.74) is 18.8. The fourth-order valence-electron chi connectivity index (χ4n) is 7.34. The molecule has 0 bridgehead atoms. The molecule has 23 nitrogen and oxygen atoms in total. The summed E-state index contributed by atoms with van der Waals surface area (Å²) in [6, 6.07) is -0.781. The van der Waals surface area contributed by atoms with E-state index in [0.717, 1.165) is 44.7 Å². The number of amides is 7. The van der Waals surface area contributed by atoms with E-state index < -0.39 is 151 Å². The van der Waals surface area contributed by atoms with Crippen LogP contribution in [0.5, 0.6) is 5.75 Å². The van der Waals surface area contributed by atoms with Crippen molar-refractivity contribution in [3.05, 3.63) is 65.2 Å². The second-order valence-corrected chi connectivity index (χ2v) is 20.6. The standard InChI is InChI=1S/C47H65F2N11O12S2/c1-5-25(4)41-44(69)43(68)33(18-26-6-9-28(61)10-7-26)54-39(65)14-15-73-74-23-35(57-46(71)34(19-38(51)64)56-45(70)31(58-59-41)12-13-37(50)63)47(72)60(21-27-8-11-29(48)30(49)17-27)22-40(66)55-32(16-24(2)3)42(67)36(62)20-53-52/h6-11,17,24-25,31-35,41,53,58-59,61H,5,12-16,18-23,52H2,1-4H3,(H2,50,63)(H2,51,64)(H,54,65)(H,55,66)(H,56,70)(H,57,71)/t25-,31-,32-,33-,34-,35-,41?/m0/s1. The van der Waals surface area contributed by atoms with Crippen molar-refractivity contribution in [2.75, 3.05) is 24.6 Å². The largest absolute Gasteiger partial charge is 0.508 e. The molecule has 27 heteroatoms. The number of hydrogen-bond donors (Lipinski definition) is 11. The molecule has 7 atom stereocenters. The second-order valence-electron chi connectivity index (χ2n) is 17.9. The third-order valence-corrected chi connectivity index (χ3v) is 13.9. The van der Waals surface area contributed by atoms with E-state index in [-0.39, 0.29) is 54.4 Å². The number of carbonyl (C=O) groups is 11. The SMILES string of the molecule is CC[C@H](C)C1NN[C@@H](CCC(N)=O)C(=O)N[C@@H](CC(N)=O)C(=O)N[C@H](C(=O)N(CC(=O)N[C@@H](CC(C)C)C(=O)C(=O)CNN)Cc2ccc(F)c(F)c2)CSSCCC(=O)N[C@@H](Cc2ccc(O)cc2)C(=O)C1=O. The molecule has 1 fully saturated rings. The van der Waals surface area contributed by atoms with Crippen LogP contribution in [0.25, 0.3) is 0 Å². The first-order valence-corrected chi connectivity index (χ1v) is 26.0. The molecule has 3 rings (SSSR count). The molecular formula is C47H65F2N11O12S2. The van der Waals surface area contributed by atoms with E-state index in [4.69, 9.17) is 17.3 Å². The highest BCUT2D eigenvalue weighted by Gasteiger charge is 2.38. The van der Waals surface area contributed by atoms with Gasteiger partial charge in [0.05, 0.1) is 37.6 Å². The molecule has 14 N–H and O–H groups in total. The summed E-state index contributed by atoms with van der Waals surface area (Å²) in [7, 11) is 1.96. The summed E-state index contributed by atoms with van der Waals surface area (Å²) in [4.78, 5) is 149. The van der Waals surface area contributed by atoms with Crippen LogP contribution in [0.3, 0.4) is 0 Å². The third kappa shape index (κ3) is 20.5. The van der Waals surface area contributed by atoms with Crippen LogP contribution in [0.1, 0.15) is 77.3 Å². The van der Waals surface area contributed by atoms with E-state index in [9.17, 15) is 66.6 Å². The van der Waals surface area contributed by atoms with E-state index in [2.05, 4.69) is 37.5 Å². The normalized spacial score (nSPS) is 20.5. The van der Waals surface area contributed by atoms with E-state index in [1.807, 2.05) is 0 Å². The summed E-state index contributed by atoms with van der Waals surface area (Å²) in [5.74, 6) is -9.37. The Labute approximate surface area is 433 Å². The Balaban J connectivity index is 2.13. The fourth-order valence-corrected chi connectivity index (χ4v) is 9.48. The Hall–Kier alpha value is -6.39. The van der Waals surface area contributed by atoms with Gasteiger partial charge in [0, 0.05) is 37.3 Å². The number of nitrogens with one attached hydrogen (secondary N) is 7. The number of Topliss-reactive ketones (excluding diaryl/α,β-unsaturated/α-hetero) is 4. The van der Waals surface area contributed by atoms with Crippen LogP contribution in [0, 0.1) is 23.5 Å². The van der Waals surface area contributed by atoms with Crippen LogP contribution < -0.4 is 54.9 Å². The summed E-state index contributed by atoms with van der Waals surface area (Å²) < 4.78 is 28.7. The Morgan fingerprint density at radius 2 is 1.49 bits per heavy atom. The topological polar surface area (TPSA) is 374 Å². The molecule has 2 aromatic rings. The second kappa shape index (κ2) is 30.7. The van der Waals surface area contributed by atoms with Gasteiger partial charge in [0.15, 0.2) is 11.6 Å². The predicted molar refractivity (Wildman–Crippen MR) is 268 cm³/mol. The predicted octanol–water partition coefficient (Wildman–Crippen LogP) is -1.23. The van der Waals surface area contributed by atoms with Crippen molar-refractivity contribution in [3.8, 4) is 5.75 Å². The number of nitrogens with zero attached hydrogens (tertiary/aromatic N) is 1. The molecule has 0 saturated carbocycles. The van der Waals surface area contributed by atoms with E-state index >= 15 is 0 Å². The van der Waals surface area contributed by atoms with Gasteiger partial charge in [-0.2, -0.15) is 0 Å². The van der Waals surface area contributed by atoms with Crippen molar-refractivity contribution in [1.82, 2.24) is 42.4 Å². The number of phenols is 1. The number of nitrogens with two attached hydrogens (primary N) is 3. The number of carbonyl (C=O) groups excluding carboxylic acids is 11. The Morgan fingerprint density at radius 1 is 0.824 bits per heavy atom. The van der Waals surface area contributed by atoms with Gasteiger partial charge < -0.3 is 42.7 Å². The van der Waals surface area contributed by atoms with Gasteiger partial charge >= 0.3 is 0 Å². The average Bonchev–Trinajstić information content (AvgIpc) is 3.33. The molecule has 1 saturated heterocycles. The van der Waals surface area contributed by atoms with Crippen molar-refractivity contribution in [3.63, 3.8) is 0 Å². The van der Waals surface area contributed by atoms with Gasteiger partial charge in [0.2, 0.25) is 64.5 Å². The first kappa shape index (κ1) is 61.9. The maximum Gasteiger partial charge on any atom is 0.246 e. The summed E-state index contributed by atoms with van der Waals surface area (Å²) in [6.07, 6.45) is -1.78. The third-order valence-electron chi connectivity index (χ3n) is 11.5. The van der Waals surface area contributed by atoms with Crippen molar-refractivity contribution >= 4 is 86.1 Å². The Kier molecular flexibility index (Phi) is 25.7. The molecule has 7 amide bonds. The minimum atomic E-state index is -1.83. The first-order chi connectivity index (χ1) is 34.9.